The van der Waals surface area contributed by atoms with Crippen LogP contribution in [0.15, 0.2) is 60.7 Å². The lowest BCUT2D eigenvalue weighted by Crippen LogP contribution is -2.11. The number of rotatable bonds is 7. The predicted octanol–water partition coefficient (Wildman–Crippen LogP) is 5.01. The van der Waals surface area contributed by atoms with E-state index < -0.39 is 5.97 Å². The second kappa shape index (κ2) is 8.41. The van der Waals surface area contributed by atoms with Crippen LogP contribution < -0.4 is 9.47 Å². The number of para-hydroxylation sites is 1. The molecule has 0 spiro atoms. The molecule has 0 saturated heterocycles. The topological polar surface area (TPSA) is 55.8 Å². The minimum absolute atomic E-state index is 0.361. The van der Waals surface area contributed by atoms with Crippen molar-refractivity contribution in [2.24, 2.45) is 0 Å². The average Bonchev–Trinajstić information content (AvgIpc) is 2.65. The largest absolute Gasteiger partial charge is 0.489 e. The molecule has 4 nitrogen and oxygen atoms in total. The van der Waals surface area contributed by atoms with Crippen molar-refractivity contribution in [1.82, 2.24) is 0 Å². The van der Waals surface area contributed by atoms with Crippen molar-refractivity contribution < 1.29 is 19.4 Å². The molecule has 27 heavy (non-hydrogen) atoms. The van der Waals surface area contributed by atoms with Crippen molar-refractivity contribution >= 4 is 22.8 Å². The molecule has 0 aliphatic carbocycles. The van der Waals surface area contributed by atoms with Crippen LogP contribution in [0.4, 0.5) is 0 Å². The van der Waals surface area contributed by atoms with Crippen LogP contribution in [0.5, 0.6) is 11.5 Å². The number of carbonyl (C=O) groups is 1. The van der Waals surface area contributed by atoms with Gasteiger partial charge in [-0.3, -0.25) is 0 Å². The Balaban J connectivity index is 1.76. The van der Waals surface area contributed by atoms with E-state index in [2.05, 4.69) is 0 Å². The van der Waals surface area contributed by atoms with Crippen molar-refractivity contribution in [1.29, 1.82) is 0 Å². The first-order valence-electron chi connectivity index (χ1n) is 8.81. The Labute approximate surface area is 158 Å². The van der Waals surface area contributed by atoms with Crippen molar-refractivity contribution in [3.63, 3.8) is 0 Å². The zero-order chi connectivity index (χ0) is 19.2. The van der Waals surface area contributed by atoms with Crippen molar-refractivity contribution in [3.8, 4) is 11.5 Å². The molecule has 4 heteroatoms. The van der Waals surface area contributed by atoms with Gasteiger partial charge in [0.25, 0.3) is 0 Å². The molecule has 0 fully saturated rings. The average molecular weight is 362 g/mol. The predicted molar refractivity (Wildman–Crippen MR) is 108 cm³/mol. The van der Waals surface area contributed by atoms with Crippen molar-refractivity contribution in [2.75, 3.05) is 13.2 Å². The van der Waals surface area contributed by atoms with Crippen molar-refractivity contribution in [3.05, 3.63) is 77.4 Å². The summed E-state index contributed by atoms with van der Waals surface area (Å²) in [5, 5.41) is 11.0. The van der Waals surface area contributed by atoms with Gasteiger partial charge in [0.05, 0.1) is 0 Å². The molecule has 3 rings (SSSR count). The van der Waals surface area contributed by atoms with Crippen LogP contribution >= 0.6 is 0 Å². The number of carboxylic acid groups (broad SMARTS) is 1. The molecule has 0 amide bonds. The molecule has 0 unspecified atom stereocenters. The van der Waals surface area contributed by atoms with Crippen LogP contribution in [0, 0.1) is 13.8 Å². The van der Waals surface area contributed by atoms with E-state index in [-0.39, 0.29) is 0 Å². The van der Waals surface area contributed by atoms with E-state index >= 15 is 0 Å². The molecule has 0 aromatic heterocycles. The second-order valence-corrected chi connectivity index (χ2v) is 6.29. The fourth-order valence-corrected chi connectivity index (χ4v) is 3.05. The fraction of sp³-hybridized carbons (Fsp3) is 0.174. The summed E-state index contributed by atoms with van der Waals surface area (Å²) in [6.45, 7) is 4.79. The molecule has 0 bridgehead atoms. The molecule has 0 saturated carbocycles. The second-order valence-electron chi connectivity index (χ2n) is 6.29. The minimum Gasteiger partial charge on any atom is -0.489 e. The molecule has 138 valence electrons. The van der Waals surface area contributed by atoms with E-state index in [1.165, 1.54) is 0 Å². The van der Waals surface area contributed by atoms with Crippen LogP contribution in [-0.4, -0.2) is 24.3 Å². The summed E-state index contributed by atoms with van der Waals surface area (Å²) in [6.07, 6.45) is 2.70. The normalized spacial score (nSPS) is 11.0. The monoisotopic (exact) mass is 362 g/mol. The van der Waals surface area contributed by atoms with Crippen LogP contribution in [-0.2, 0) is 4.79 Å². The molecule has 3 aromatic rings. The fourth-order valence-electron chi connectivity index (χ4n) is 3.05. The Morgan fingerprint density at radius 2 is 1.63 bits per heavy atom. The highest BCUT2D eigenvalue weighted by atomic mass is 16.5. The number of aryl methyl sites for hydroxylation is 2. The van der Waals surface area contributed by atoms with Crippen LogP contribution in [0.25, 0.3) is 16.8 Å². The van der Waals surface area contributed by atoms with Gasteiger partial charge in [-0.2, -0.15) is 0 Å². The zero-order valence-electron chi connectivity index (χ0n) is 15.4. The Bertz CT molecular complexity index is 969. The summed E-state index contributed by atoms with van der Waals surface area (Å²) in [5.74, 6) is 0.522. The Morgan fingerprint density at radius 1 is 0.926 bits per heavy atom. The third-order valence-electron chi connectivity index (χ3n) is 4.32. The molecular weight excluding hydrogens is 340 g/mol. The zero-order valence-corrected chi connectivity index (χ0v) is 15.4. The lowest BCUT2D eigenvalue weighted by atomic mass is 10.0. The van der Waals surface area contributed by atoms with Gasteiger partial charge in [-0.15, -0.1) is 0 Å². The third kappa shape index (κ3) is 4.47. The van der Waals surface area contributed by atoms with E-state index in [0.717, 1.165) is 39.3 Å². The first-order valence-corrected chi connectivity index (χ1v) is 8.81. The number of aliphatic carboxylic acids is 1. The highest BCUT2D eigenvalue weighted by Crippen LogP contribution is 2.29. The molecule has 3 aromatic carbocycles. The summed E-state index contributed by atoms with van der Waals surface area (Å²) in [4.78, 5) is 11.0. The Morgan fingerprint density at radius 3 is 2.37 bits per heavy atom. The highest BCUT2D eigenvalue weighted by molar-refractivity contribution is 5.96. The van der Waals surface area contributed by atoms with Gasteiger partial charge in [-0.25, -0.2) is 4.79 Å². The number of hydrogen-bond donors (Lipinski definition) is 1. The number of benzene rings is 3. The maximum absolute atomic E-state index is 11.0. The molecule has 0 radical (unpaired) electrons. The molecule has 0 aliphatic heterocycles. The standard InChI is InChI=1S/C23H22O4/c1-16-6-5-7-17(2)23(16)27-15-14-26-21-12-10-18-8-3-4-9-19(18)20(21)11-13-22(24)25/h3-13H,14-15H2,1-2H3,(H,24,25). The van der Waals surface area contributed by atoms with Crippen LogP contribution in [0.1, 0.15) is 16.7 Å². The maximum atomic E-state index is 11.0. The van der Waals surface area contributed by atoms with E-state index in [0.29, 0.717) is 19.0 Å². The molecule has 0 atom stereocenters. The van der Waals surface area contributed by atoms with Crippen LogP contribution in [0.2, 0.25) is 0 Å². The first kappa shape index (κ1) is 18.5. The summed E-state index contributed by atoms with van der Waals surface area (Å²) < 4.78 is 11.8. The summed E-state index contributed by atoms with van der Waals surface area (Å²) in [6, 6.07) is 17.7. The lowest BCUT2D eigenvalue weighted by molar-refractivity contribution is -0.131. The third-order valence-corrected chi connectivity index (χ3v) is 4.32. The number of hydrogen-bond acceptors (Lipinski definition) is 3. The van der Waals surface area contributed by atoms with Gasteiger partial charge in [-0.1, -0.05) is 48.5 Å². The lowest BCUT2D eigenvalue weighted by Gasteiger charge is -2.14. The first-order chi connectivity index (χ1) is 13.1. The van der Waals surface area contributed by atoms with Gasteiger partial charge in [0.1, 0.15) is 24.7 Å². The van der Waals surface area contributed by atoms with Gasteiger partial charge >= 0.3 is 5.97 Å². The van der Waals surface area contributed by atoms with Gasteiger partial charge in [0, 0.05) is 11.6 Å². The number of fused-ring (bicyclic) bond motifs is 1. The minimum atomic E-state index is -0.993. The molecule has 0 heterocycles. The van der Waals surface area contributed by atoms with E-state index in [4.69, 9.17) is 14.6 Å². The molecule has 1 N–H and O–H groups in total. The Hall–Kier alpha value is -3.27. The van der Waals surface area contributed by atoms with E-state index in [1.54, 1.807) is 6.08 Å². The SMILES string of the molecule is Cc1cccc(C)c1OCCOc1ccc2ccccc2c1C=CC(=O)O. The van der Waals surface area contributed by atoms with Gasteiger partial charge < -0.3 is 14.6 Å². The van der Waals surface area contributed by atoms with Crippen LogP contribution in [0.3, 0.4) is 0 Å². The van der Waals surface area contributed by atoms with E-state index in [1.807, 2.05) is 68.4 Å². The smallest absolute Gasteiger partial charge is 0.328 e. The van der Waals surface area contributed by atoms with Gasteiger partial charge in [0.2, 0.25) is 0 Å². The van der Waals surface area contributed by atoms with Gasteiger partial charge in [0.15, 0.2) is 0 Å². The summed E-state index contributed by atoms with van der Waals surface area (Å²) >= 11 is 0. The number of ether oxygens (including phenoxy) is 2. The molecular formula is C23H22O4. The Kier molecular flexibility index (Phi) is 5.77. The summed E-state index contributed by atoms with van der Waals surface area (Å²) in [7, 11) is 0. The number of carboxylic acids is 1. The maximum Gasteiger partial charge on any atom is 0.328 e. The highest BCUT2D eigenvalue weighted by Gasteiger charge is 2.08. The quantitative estimate of drug-likeness (QED) is 0.474. The van der Waals surface area contributed by atoms with E-state index in [9.17, 15) is 4.79 Å². The molecule has 0 aliphatic rings. The van der Waals surface area contributed by atoms with Crippen molar-refractivity contribution in [2.45, 2.75) is 13.8 Å². The van der Waals surface area contributed by atoms with Gasteiger partial charge in [-0.05, 0) is 47.9 Å². The summed E-state index contributed by atoms with van der Waals surface area (Å²) in [5.41, 5.74) is 2.93.